The molecular weight excluding hydrogens is 292 g/mol. The summed E-state index contributed by atoms with van der Waals surface area (Å²) in [7, 11) is 0. The topological polar surface area (TPSA) is 58.2 Å². The van der Waals surface area contributed by atoms with Crippen LogP contribution in [0.15, 0.2) is 30.3 Å². The maximum atomic E-state index is 11.9. The molecule has 2 N–H and O–H groups in total. The largest absolute Gasteiger partial charge is 0.350 e. The zero-order valence-electron chi connectivity index (χ0n) is 11.1. The van der Waals surface area contributed by atoms with E-state index in [1.165, 1.54) is 0 Å². The minimum absolute atomic E-state index is 0.0179. The third kappa shape index (κ3) is 5.09. The van der Waals surface area contributed by atoms with Gasteiger partial charge in [0.05, 0.1) is 11.8 Å². The van der Waals surface area contributed by atoms with Gasteiger partial charge < -0.3 is 10.6 Å². The zero-order valence-corrected chi connectivity index (χ0v) is 12.8. The summed E-state index contributed by atoms with van der Waals surface area (Å²) in [6.45, 7) is 0.539. The molecule has 0 saturated carbocycles. The van der Waals surface area contributed by atoms with Crippen LogP contribution in [0.2, 0.25) is 0 Å². The third-order valence-corrected chi connectivity index (χ3v) is 5.62. The fourth-order valence-electron chi connectivity index (χ4n) is 1.78. The molecule has 1 fully saturated rings. The second kappa shape index (κ2) is 8.21. The lowest BCUT2D eigenvalue weighted by molar-refractivity contribution is -0.125. The Morgan fingerprint density at radius 2 is 1.95 bits per heavy atom. The minimum Gasteiger partial charge on any atom is -0.350 e. The molecule has 1 saturated heterocycles. The third-order valence-electron chi connectivity index (χ3n) is 2.86. The first-order chi connectivity index (χ1) is 9.75. The Labute approximate surface area is 127 Å². The summed E-state index contributed by atoms with van der Waals surface area (Å²) >= 11 is 3.46. The first-order valence-corrected chi connectivity index (χ1v) is 8.74. The van der Waals surface area contributed by atoms with Crippen molar-refractivity contribution in [2.24, 2.45) is 0 Å². The van der Waals surface area contributed by atoms with Gasteiger partial charge in [0.2, 0.25) is 11.8 Å². The highest BCUT2D eigenvalue weighted by Gasteiger charge is 2.22. The second-order valence-corrected chi connectivity index (χ2v) is 6.87. The summed E-state index contributed by atoms with van der Waals surface area (Å²) < 4.78 is 0. The van der Waals surface area contributed by atoms with Gasteiger partial charge in [-0.05, 0) is 5.56 Å². The number of rotatable bonds is 5. The van der Waals surface area contributed by atoms with Crippen LogP contribution in [0.5, 0.6) is 0 Å². The molecular formula is C14H18N2O2S2. The van der Waals surface area contributed by atoms with Crippen LogP contribution in [0.25, 0.3) is 0 Å². The Morgan fingerprint density at radius 1 is 1.15 bits per heavy atom. The molecule has 20 heavy (non-hydrogen) atoms. The number of hydrogen-bond acceptors (Lipinski definition) is 4. The van der Waals surface area contributed by atoms with Gasteiger partial charge in [0, 0.05) is 23.8 Å². The highest BCUT2D eigenvalue weighted by molar-refractivity contribution is 8.07. The van der Waals surface area contributed by atoms with Crippen molar-refractivity contribution in [3.8, 4) is 0 Å². The SMILES string of the molecule is O=C(CNC(=O)C1CSCCS1)NCc1ccccc1. The van der Waals surface area contributed by atoms with Gasteiger partial charge in [-0.3, -0.25) is 9.59 Å². The van der Waals surface area contributed by atoms with E-state index in [0.29, 0.717) is 6.54 Å². The molecule has 108 valence electrons. The molecule has 2 rings (SSSR count). The molecule has 0 spiro atoms. The van der Waals surface area contributed by atoms with Crippen molar-refractivity contribution in [2.75, 3.05) is 23.8 Å². The molecule has 1 atom stereocenters. The predicted octanol–water partition coefficient (Wildman–Crippen LogP) is 1.27. The maximum Gasteiger partial charge on any atom is 0.239 e. The van der Waals surface area contributed by atoms with Gasteiger partial charge in [-0.15, -0.1) is 11.8 Å². The van der Waals surface area contributed by atoms with E-state index < -0.39 is 0 Å². The Bertz CT molecular complexity index is 448. The summed E-state index contributed by atoms with van der Waals surface area (Å²) in [5, 5.41) is 5.48. The molecule has 2 amide bonds. The summed E-state index contributed by atoms with van der Waals surface area (Å²) in [6, 6.07) is 9.71. The number of amides is 2. The molecule has 1 aromatic carbocycles. The first-order valence-electron chi connectivity index (χ1n) is 6.53. The fraction of sp³-hybridized carbons (Fsp3) is 0.429. The van der Waals surface area contributed by atoms with Crippen LogP contribution >= 0.6 is 23.5 Å². The van der Waals surface area contributed by atoms with Crippen LogP contribution in [0.4, 0.5) is 0 Å². The average Bonchev–Trinajstić information content (AvgIpc) is 2.52. The van der Waals surface area contributed by atoms with Gasteiger partial charge >= 0.3 is 0 Å². The molecule has 1 aliphatic rings. The van der Waals surface area contributed by atoms with Gasteiger partial charge in [-0.2, -0.15) is 11.8 Å². The number of thioether (sulfide) groups is 2. The van der Waals surface area contributed by atoms with Crippen molar-refractivity contribution in [3.63, 3.8) is 0 Å². The second-order valence-electron chi connectivity index (χ2n) is 4.41. The van der Waals surface area contributed by atoms with Crippen molar-refractivity contribution < 1.29 is 9.59 Å². The minimum atomic E-state index is -0.157. The van der Waals surface area contributed by atoms with Gasteiger partial charge in [-0.1, -0.05) is 30.3 Å². The number of benzene rings is 1. The number of carbonyl (C=O) groups is 2. The van der Waals surface area contributed by atoms with E-state index in [1.807, 2.05) is 30.3 Å². The van der Waals surface area contributed by atoms with Gasteiger partial charge in [-0.25, -0.2) is 0 Å². The van der Waals surface area contributed by atoms with Gasteiger partial charge in [0.25, 0.3) is 0 Å². The highest BCUT2D eigenvalue weighted by atomic mass is 32.2. The van der Waals surface area contributed by atoms with E-state index in [9.17, 15) is 9.59 Å². The van der Waals surface area contributed by atoms with Crippen LogP contribution in [0, 0.1) is 0 Å². The van der Waals surface area contributed by atoms with E-state index in [0.717, 1.165) is 22.8 Å². The van der Waals surface area contributed by atoms with Crippen molar-refractivity contribution in [1.29, 1.82) is 0 Å². The van der Waals surface area contributed by atoms with Crippen LogP contribution < -0.4 is 10.6 Å². The molecule has 0 radical (unpaired) electrons. The highest BCUT2D eigenvalue weighted by Crippen LogP contribution is 2.23. The monoisotopic (exact) mass is 310 g/mol. The molecule has 0 aliphatic carbocycles. The smallest absolute Gasteiger partial charge is 0.239 e. The Kier molecular flexibility index (Phi) is 6.26. The normalized spacial score (nSPS) is 18.3. The quantitative estimate of drug-likeness (QED) is 0.860. The molecule has 6 heteroatoms. The number of hydrogen-bond donors (Lipinski definition) is 2. The predicted molar refractivity (Wildman–Crippen MR) is 84.9 cm³/mol. The Hall–Kier alpha value is -1.14. The van der Waals surface area contributed by atoms with Crippen LogP contribution in [-0.2, 0) is 16.1 Å². The molecule has 0 aromatic heterocycles. The van der Waals surface area contributed by atoms with Crippen molar-refractivity contribution in [2.45, 2.75) is 11.8 Å². The molecule has 0 bridgehead atoms. The Morgan fingerprint density at radius 3 is 2.65 bits per heavy atom. The lowest BCUT2D eigenvalue weighted by Crippen LogP contribution is -2.42. The van der Waals surface area contributed by atoms with Gasteiger partial charge in [0.15, 0.2) is 0 Å². The molecule has 4 nitrogen and oxygen atoms in total. The first kappa shape index (κ1) is 15.3. The summed E-state index contributed by atoms with van der Waals surface area (Å²) in [5.41, 5.74) is 1.05. The standard InChI is InChI=1S/C14H18N2O2S2/c17-13(15-8-11-4-2-1-3-5-11)9-16-14(18)12-10-19-6-7-20-12/h1-5,12H,6-10H2,(H,15,17)(H,16,18). The van der Waals surface area contributed by atoms with E-state index >= 15 is 0 Å². The van der Waals surface area contributed by atoms with Crippen LogP contribution in [-0.4, -0.2) is 40.9 Å². The lowest BCUT2D eigenvalue weighted by atomic mass is 10.2. The molecule has 1 heterocycles. The molecule has 1 aliphatic heterocycles. The van der Waals surface area contributed by atoms with Crippen molar-refractivity contribution in [3.05, 3.63) is 35.9 Å². The van der Waals surface area contributed by atoms with Gasteiger partial charge in [0.1, 0.15) is 0 Å². The lowest BCUT2D eigenvalue weighted by Gasteiger charge is -2.19. The Balaban J connectivity index is 1.65. The fourth-order valence-corrected chi connectivity index (χ4v) is 4.36. The number of carbonyl (C=O) groups excluding carboxylic acids is 2. The van der Waals surface area contributed by atoms with Crippen LogP contribution in [0.3, 0.4) is 0 Å². The molecule has 1 aromatic rings. The van der Waals surface area contributed by atoms with Crippen molar-refractivity contribution >= 4 is 35.3 Å². The van der Waals surface area contributed by atoms with E-state index in [1.54, 1.807) is 23.5 Å². The maximum absolute atomic E-state index is 11.9. The molecule has 1 unspecified atom stereocenters. The van der Waals surface area contributed by atoms with Crippen LogP contribution in [0.1, 0.15) is 5.56 Å². The van der Waals surface area contributed by atoms with E-state index in [2.05, 4.69) is 10.6 Å². The van der Waals surface area contributed by atoms with E-state index in [4.69, 9.17) is 0 Å². The summed E-state index contributed by atoms with van der Waals surface area (Å²) in [5.74, 6) is 2.75. The van der Waals surface area contributed by atoms with Crippen molar-refractivity contribution in [1.82, 2.24) is 10.6 Å². The summed E-state index contributed by atoms with van der Waals surface area (Å²) in [4.78, 5) is 23.5. The summed E-state index contributed by atoms with van der Waals surface area (Å²) in [6.07, 6.45) is 0. The zero-order chi connectivity index (χ0) is 14.2. The van der Waals surface area contributed by atoms with E-state index in [-0.39, 0.29) is 23.6 Å². The number of nitrogens with one attached hydrogen (secondary N) is 2. The average molecular weight is 310 g/mol.